The summed E-state index contributed by atoms with van der Waals surface area (Å²) in [6.07, 6.45) is 0. The number of carbonyl (C=O) groups is 1. The van der Waals surface area contributed by atoms with Gasteiger partial charge in [-0.3, -0.25) is 4.79 Å². The van der Waals surface area contributed by atoms with Gasteiger partial charge in [-0.2, -0.15) is 0 Å². The van der Waals surface area contributed by atoms with Crippen LogP contribution in [0.15, 0.2) is 24.3 Å². The normalized spacial score (nSPS) is 10.4. The van der Waals surface area contributed by atoms with Gasteiger partial charge in [0.1, 0.15) is 10.9 Å². The number of methoxy groups -OCH3 is 1. The Balaban J connectivity index is 2.75. The van der Waals surface area contributed by atoms with Crippen LogP contribution < -0.4 is 10.5 Å². The van der Waals surface area contributed by atoms with Crippen LogP contribution in [0, 0.1) is 0 Å². The van der Waals surface area contributed by atoms with Crippen LogP contribution in [0.1, 0.15) is 10.4 Å². The molecule has 2 aromatic rings. The Labute approximate surface area is 97.0 Å². The number of nitrogens with two attached hydrogens (primary N) is 1. The van der Waals surface area contributed by atoms with Gasteiger partial charge >= 0.3 is 0 Å². The molecule has 16 heavy (non-hydrogen) atoms. The van der Waals surface area contributed by atoms with E-state index in [0.717, 1.165) is 5.39 Å². The molecule has 1 aromatic heterocycles. The fourth-order valence-electron chi connectivity index (χ4n) is 1.49. The number of rotatable bonds is 2. The van der Waals surface area contributed by atoms with Gasteiger partial charge in [0.2, 0.25) is 0 Å². The van der Waals surface area contributed by atoms with Crippen molar-refractivity contribution in [3.8, 4) is 5.75 Å². The molecular weight excluding hydrogens is 228 g/mol. The first-order valence-corrected chi connectivity index (χ1v) is 4.93. The SMILES string of the molecule is COc1cc2nc(Cl)ccc2cc1C(N)=O. The molecule has 0 bridgehead atoms. The fourth-order valence-corrected chi connectivity index (χ4v) is 1.64. The lowest BCUT2D eigenvalue weighted by Gasteiger charge is -2.07. The van der Waals surface area contributed by atoms with Crippen molar-refractivity contribution in [1.82, 2.24) is 4.98 Å². The van der Waals surface area contributed by atoms with E-state index in [4.69, 9.17) is 22.1 Å². The molecule has 2 rings (SSSR count). The van der Waals surface area contributed by atoms with Gasteiger partial charge in [-0.25, -0.2) is 4.98 Å². The second kappa shape index (κ2) is 3.98. The van der Waals surface area contributed by atoms with Crippen LogP contribution in [0.5, 0.6) is 5.75 Å². The predicted octanol–water partition coefficient (Wildman–Crippen LogP) is 2.00. The van der Waals surface area contributed by atoms with Crippen LogP contribution in [0.4, 0.5) is 0 Å². The van der Waals surface area contributed by atoms with E-state index in [1.54, 1.807) is 24.3 Å². The molecule has 0 aliphatic rings. The number of benzene rings is 1. The minimum Gasteiger partial charge on any atom is -0.496 e. The van der Waals surface area contributed by atoms with Crippen molar-refractivity contribution in [2.45, 2.75) is 0 Å². The summed E-state index contributed by atoms with van der Waals surface area (Å²) in [6, 6.07) is 6.71. The molecule has 0 saturated heterocycles. The Hall–Kier alpha value is -1.81. The highest BCUT2D eigenvalue weighted by Gasteiger charge is 2.11. The number of carbonyl (C=O) groups excluding carboxylic acids is 1. The number of amides is 1. The van der Waals surface area contributed by atoms with Crippen molar-refractivity contribution in [2.24, 2.45) is 5.73 Å². The van der Waals surface area contributed by atoms with Gasteiger partial charge < -0.3 is 10.5 Å². The molecule has 1 aromatic carbocycles. The molecule has 0 aliphatic carbocycles. The van der Waals surface area contributed by atoms with Gasteiger partial charge in [0.05, 0.1) is 18.2 Å². The molecule has 0 saturated carbocycles. The van der Waals surface area contributed by atoms with Gasteiger partial charge in [-0.1, -0.05) is 11.6 Å². The number of fused-ring (bicyclic) bond motifs is 1. The summed E-state index contributed by atoms with van der Waals surface area (Å²) < 4.78 is 5.07. The van der Waals surface area contributed by atoms with Crippen molar-refractivity contribution in [1.29, 1.82) is 0 Å². The zero-order valence-corrected chi connectivity index (χ0v) is 9.28. The second-order valence-corrected chi connectivity index (χ2v) is 3.63. The summed E-state index contributed by atoms with van der Waals surface area (Å²) in [5, 5.41) is 1.18. The lowest BCUT2D eigenvalue weighted by atomic mass is 10.1. The van der Waals surface area contributed by atoms with E-state index < -0.39 is 5.91 Å². The molecule has 2 N–H and O–H groups in total. The lowest BCUT2D eigenvalue weighted by Crippen LogP contribution is -2.12. The van der Waals surface area contributed by atoms with E-state index in [9.17, 15) is 4.79 Å². The number of nitrogens with zero attached hydrogens (tertiary/aromatic N) is 1. The summed E-state index contributed by atoms with van der Waals surface area (Å²) in [5.41, 5.74) is 6.24. The van der Waals surface area contributed by atoms with Gasteiger partial charge in [0.25, 0.3) is 5.91 Å². The Bertz CT molecular complexity index is 569. The molecule has 0 unspecified atom stereocenters. The van der Waals surface area contributed by atoms with Crippen LogP contribution in [-0.2, 0) is 0 Å². The average molecular weight is 237 g/mol. The van der Waals surface area contributed by atoms with Crippen molar-refractivity contribution in [2.75, 3.05) is 7.11 Å². The molecule has 0 spiro atoms. The first-order chi connectivity index (χ1) is 7.61. The summed E-state index contributed by atoms with van der Waals surface area (Å²) in [6.45, 7) is 0. The maximum absolute atomic E-state index is 11.2. The molecule has 4 nitrogen and oxygen atoms in total. The van der Waals surface area contributed by atoms with Gasteiger partial charge in [-0.05, 0) is 18.2 Å². The number of primary amides is 1. The smallest absolute Gasteiger partial charge is 0.252 e. The number of hydrogen-bond acceptors (Lipinski definition) is 3. The Morgan fingerprint density at radius 2 is 2.19 bits per heavy atom. The average Bonchev–Trinajstić information content (AvgIpc) is 2.26. The van der Waals surface area contributed by atoms with E-state index in [0.29, 0.717) is 22.0 Å². The molecule has 0 atom stereocenters. The zero-order valence-electron chi connectivity index (χ0n) is 8.53. The third-order valence-corrected chi connectivity index (χ3v) is 2.45. The lowest BCUT2D eigenvalue weighted by molar-refractivity contribution is 0.0997. The van der Waals surface area contributed by atoms with Crippen molar-refractivity contribution in [3.63, 3.8) is 0 Å². The van der Waals surface area contributed by atoms with Gasteiger partial charge in [0.15, 0.2) is 0 Å². The van der Waals surface area contributed by atoms with E-state index in [1.165, 1.54) is 7.11 Å². The van der Waals surface area contributed by atoms with Crippen molar-refractivity contribution >= 4 is 28.4 Å². The topological polar surface area (TPSA) is 65.2 Å². The third kappa shape index (κ3) is 1.79. The minimum absolute atomic E-state index is 0.333. The highest BCUT2D eigenvalue weighted by Crippen LogP contribution is 2.25. The van der Waals surface area contributed by atoms with Crippen molar-refractivity contribution in [3.05, 3.63) is 35.0 Å². The monoisotopic (exact) mass is 236 g/mol. The zero-order chi connectivity index (χ0) is 11.7. The molecule has 0 radical (unpaired) electrons. The van der Waals surface area contributed by atoms with Crippen LogP contribution in [0.3, 0.4) is 0 Å². The van der Waals surface area contributed by atoms with Gasteiger partial charge in [0, 0.05) is 11.5 Å². The maximum atomic E-state index is 11.2. The molecular formula is C11H9ClN2O2. The van der Waals surface area contributed by atoms with Crippen LogP contribution in [0.25, 0.3) is 10.9 Å². The highest BCUT2D eigenvalue weighted by molar-refractivity contribution is 6.29. The molecule has 82 valence electrons. The largest absolute Gasteiger partial charge is 0.496 e. The highest BCUT2D eigenvalue weighted by atomic mass is 35.5. The minimum atomic E-state index is -0.534. The summed E-state index contributed by atoms with van der Waals surface area (Å²) in [5.74, 6) is -0.136. The van der Waals surface area contributed by atoms with E-state index in [2.05, 4.69) is 4.98 Å². The number of aromatic nitrogens is 1. The maximum Gasteiger partial charge on any atom is 0.252 e. The van der Waals surface area contributed by atoms with Crippen LogP contribution in [-0.4, -0.2) is 18.0 Å². The molecule has 1 amide bonds. The number of pyridine rings is 1. The standard InChI is InChI=1S/C11H9ClN2O2/c1-16-9-5-8-6(2-3-10(12)14-8)4-7(9)11(13)15/h2-5H,1H3,(H2,13,15). The Morgan fingerprint density at radius 1 is 1.44 bits per heavy atom. The molecule has 5 heteroatoms. The number of halogens is 1. The van der Waals surface area contributed by atoms with Crippen LogP contribution >= 0.6 is 11.6 Å². The second-order valence-electron chi connectivity index (χ2n) is 3.24. The predicted molar refractivity (Wildman–Crippen MR) is 61.8 cm³/mol. The Morgan fingerprint density at radius 3 is 2.81 bits per heavy atom. The number of ether oxygens (including phenoxy) is 1. The third-order valence-electron chi connectivity index (χ3n) is 2.24. The number of hydrogen-bond donors (Lipinski definition) is 1. The van der Waals surface area contributed by atoms with Crippen LogP contribution in [0.2, 0.25) is 5.15 Å². The summed E-state index contributed by atoms with van der Waals surface area (Å²) in [4.78, 5) is 15.3. The van der Waals surface area contributed by atoms with E-state index in [1.807, 2.05) is 0 Å². The Kier molecular flexibility index (Phi) is 2.66. The quantitative estimate of drug-likeness (QED) is 0.811. The van der Waals surface area contributed by atoms with Gasteiger partial charge in [-0.15, -0.1) is 0 Å². The fraction of sp³-hybridized carbons (Fsp3) is 0.0909. The molecule has 0 fully saturated rings. The van der Waals surface area contributed by atoms with Crippen molar-refractivity contribution < 1.29 is 9.53 Å². The molecule has 0 aliphatic heterocycles. The summed E-state index contributed by atoms with van der Waals surface area (Å²) in [7, 11) is 1.47. The summed E-state index contributed by atoms with van der Waals surface area (Å²) >= 11 is 5.77. The van der Waals surface area contributed by atoms with E-state index in [-0.39, 0.29) is 0 Å². The molecule has 1 heterocycles. The first kappa shape index (κ1) is 10.7. The first-order valence-electron chi connectivity index (χ1n) is 4.56. The van der Waals surface area contributed by atoms with E-state index >= 15 is 0 Å².